The molecule has 0 amide bonds. The molecule has 3 aromatic rings. The lowest BCUT2D eigenvalue weighted by Gasteiger charge is -2.46. The molecule has 6 rings (SSSR count). The van der Waals surface area contributed by atoms with Crippen LogP contribution in [0.5, 0.6) is 23.0 Å². The van der Waals surface area contributed by atoms with Crippen LogP contribution in [-0.2, 0) is 19.4 Å². The number of hydrogen-bond donors (Lipinski definition) is 0. The van der Waals surface area contributed by atoms with Gasteiger partial charge in [0.15, 0.2) is 23.0 Å². The van der Waals surface area contributed by atoms with Gasteiger partial charge in [0, 0.05) is 35.6 Å². The Morgan fingerprint density at radius 3 is 2.54 bits per heavy atom. The summed E-state index contributed by atoms with van der Waals surface area (Å²) in [5.41, 5.74) is 6.69. The van der Waals surface area contributed by atoms with Crippen molar-refractivity contribution < 1.29 is 18.9 Å². The van der Waals surface area contributed by atoms with Crippen molar-refractivity contribution in [3.05, 3.63) is 81.4 Å². The van der Waals surface area contributed by atoms with E-state index < -0.39 is 0 Å². The number of rotatable bonds is 6. The minimum atomic E-state index is 0.295. The third kappa shape index (κ3) is 4.01. The van der Waals surface area contributed by atoms with Crippen molar-refractivity contribution in [3.8, 4) is 23.0 Å². The first-order chi connectivity index (χ1) is 17.2. The maximum Gasteiger partial charge on any atom is 0.231 e. The normalized spacial score (nSPS) is 20.1. The first kappa shape index (κ1) is 22.6. The average Bonchev–Trinajstić information content (AvgIpc) is 3.34. The van der Waals surface area contributed by atoms with Crippen LogP contribution in [0.1, 0.15) is 52.6 Å². The van der Waals surface area contributed by atoms with Gasteiger partial charge >= 0.3 is 0 Å². The van der Waals surface area contributed by atoms with Crippen LogP contribution in [0.4, 0.5) is 0 Å². The van der Waals surface area contributed by atoms with Gasteiger partial charge in [-0.25, -0.2) is 0 Å². The molecule has 0 bridgehead atoms. The van der Waals surface area contributed by atoms with Gasteiger partial charge in [-0.05, 0) is 78.3 Å². The van der Waals surface area contributed by atoms with E-state index in [1.54, 1.807) is 14.2 Å². The van der Waals surface area contributed by atoms with Crippen molar-refractivity contribution in [2.75, 3.05) is 27.6 Å². The molecule has 2 unspecified atom stereocenters. The molecule has 182 valence electrons. The molecule has 0 saturated heterocycles. The van der Waals surface area contributed by atoms with Crippen LogP contribution in [0.15, 0.2) is 48.5 Å². The summed E-state index contributed by atoms with van der Waals surface area (Å²) in [6.45, 7) is 2.16. The molecule has 0 spiro atoms. The van der Waals surface area contributed by atoms with E-state index in [0.29, 0.717) is 18.8 Å². The Balaban J connectivity index is 1.39. The number of aryl methyl sites for hydroxylation is 1. The van der Waals surface area contributed by atoms with E-state index in [9.17, 15) is 0 Å². The van der Waals surface area contributed by atoms with Gasteiger partial charge in [-0.2, -0.15) is 0 Å². The van der Waals surface area contributed by atoms with E-state index in [1.807, 2.05) is 12.1 Å². The molecule has 3 aliphatic heterocycles. The van der Waals surface area contributed by atoms with Gasteiger partial charge in [0.25, 0.3) is 0 Å². The monoisotopic (exact) mass is 491 g/mol. The lowest BCUT2D eigenvalue weighted by molar-refractivity contribution is 0.126. The summed E-state index contributed by atoms with van der Waals surface area (Å²) in [4.78, 5) is 2.61. The van der Waals surface area contributed by atoms with Gasteiger partial charge in [-0.1, -0.05) is 29.8 Å². The second-order valence-electron chi connectivity index (χ2n) is 9.56. The number of hydrogen-bond acceptors (Lipinski definition) is 5. The van der Waals surface area contributed by atoms with Crippen molar-refractivity contribution in [3.63, 3.8) is 0 Å². The number of halogens is 1. The second kappa shape index (κ2) is 9.29. The Morgan fingerprint density at radius 2 is 1.77 bits per heavy atom. The zero-order valence-electron chi connectivity index (χ0n) is 20.2. The second-order valence-corrected chi connectivity index (χ2v) is 10.0. The number of methoxy groups -OCH3 is 2. The predicted octanol–water partition coefficient (Wildman–Crippen LogP) is 6.31. The minimum Gasteiger partial charge on any atom is -0.493 e. The van der Waals surface area contributed by atoms with Crippen LogP contribution < -0.4 is 18.9 Å². The Bertz CT molecular complexity index is 1240. The van der Waals surface area contributed by atoms with Crippen LogP contribution in [0.25, 0.3) is 0 Å². The summed E-state index contributed by atoms with van der Waals surface area (Å²) in [5.74, 6) is 3.74. The van der Waals surface area contributed by atoms with Crippen LogP contribution in [0, 0.1) is 0 Å². The molecule has 0 N–H and O–H groups in total. The molecule has 0 radical (unpaired) electrons. The largest absolute Gasteiger partial charge is 0.493 e. The SMILES string of the molecule is COc1ccc2c(c1OC)CN1CCc3cc4c(cc3C1C2CCCc1ccc(Cl)cc1)OCO4. The van der Waals surface area contributed by atoms with Crippen molar-refractivity contribution in [2.24, 2.45) is 0 Å². The molecular formula is C29H30ClNO4. The Hall–Kier alpha value is -2.89. The maximum atomic E-state index is 6.09. The zero-order valence-corrected chi connectivity index (χ0v) is 20.9. The summed E-state index contributed by atoms with van der Waals surface area (Å²) in [5, 5.41) is 0.782. The summed E-state index contributed by atoms with van der Waals surface area (Å²) in [6.07, 6.45) is 4.18. The molecule has 0 fully saturated rings. The van der Waals surface area contributed by atoms with Gasteiger partial charge in [0.1, 0.15) is 0 Å². The highest BCUT2D eigenvalue weighted by molar-refractivity contribution is 6.30. The van der Waals surface area contributed by atoms with Crippen molar-refractivity contribution in [1.82, 2.24) is 4.90 Å². The lowest BCUT2D eigenvalue weighted by Crippen LogP contribution is -2.42. The summed E-state index contributed by atoms with van der Waals surface area (Å²) >= 11 is 6.09. The van der Waals surface area contributed by atoms with E-state index in [-0.39, 0.29) is 0 Å². The third-order valence-corrected chi connectivity index (χ3v) is 7.99. The summed E-state index contributed by atoms with van der Waals surface area (Å²) in [7, 11) is 3.45. The Labute approximate surface area is 211 Å². The first-order valence-corrected chi connectivity index (χ1v) is 12.7. The Morgan fingerprint density at radius 1 is 0.971 bits per heavy atom. The molecule has 0 aromatic heterocycles. The van der Waals surface area contributed by atoms with Crippen LogP contribution in [0.3, 0.4) is 0 Å². The average molecular weight is 492 g/mol. The van der Waals surface area contributed by atoms with Crippen molar-refractivity contribution >= 4 is 11.6 Å². The van der Waals surface area contributed by atoms with Crippen LogP contribution >= 0.6 is 11.6 Å². The highest BCUT2D eigenvalue weighted by atomic mass is 35.5. The van der Waals surface area contributed by atoms with Crippen molar-refractivity contribution in [1.29, 1.82) is 0 Å². The van der Waals surface area contributed by atoms with Gasteiger partial charge in [0.2, 0.25) is 6.79 Å². The number of nitrogens with zero attached hydrogens (tertiary/aromatic N) is 1. The van der Waals surface area contributed by atoms with E-state index in [2.05, 4.69) is 41.3 Å². The number of fused-ring (bicyclic) bond motifs is 5. The molecule has 35 heavy (non-hydrogen) atoms. The van der Waals surface area contributed by atoms with E-state index in [4.69, 9.17) is 30.5 Å². The Kier molecular flexibility index (Phi) is 5.99. The molecule has 0 saturated carbocycles. The summed E-state index contributed by atoms with van der Waals surface area (Å²) < 4.78 is 23.0. The smallest absolute Gasteiger partial charge is 0.231 e. The lowest BCUT2D eigenvalue weighted by atomic mass is 9.74. The topological polar surface area (TPSA) is 40.2 Å². The van der Waals surface area contributed by atoms with E-state index in [0.717, 1.165) is 66.8 Å². The molecule has 0 aliphatic carbocycles. The van der Waals surface area contributed by atoms with Crippen molar-refractivity contribution in [2.45, 2.75) is 44.2 Å². The van der Waals surface area contributed by atoms with Crippen LogP contribution in [0.2, 0.25) is 5.02 Å². The molecule has 3 aromatic carbocycles. The fraction of sp³-hybridized carbons (Fsp3) is 0.379. The van der Waals surface area contributed by atoms with Gasteiger partial charge < -0.3 is 18.9 Å². The highest BCUT2D eigenvalue weighted by Crippen LogP contribution is 2.53. The van der Waals surface area contributed by atoms with Gasteiger partial charge in [0.05, 0.1) is 14.2 Å². The number of ether oxygens (including phenoxy) is 4. The fourth-order valence-corrected chi connectivity index (χ4v) is 6.25. The third-order valence-electron chi connectivity index (χ3n) is 7.74. The molecular weight excluding hydrogens is 462 g/mol. The highest BCUT2D eigenvalue weighted by Gasteiger charge is 2.41. The van der Waals surface area contributed by atoms with E-state index >= 15 is 0 Å². The fourth-order valence-electron chi connectivity index (χ4n) is 6.12. The molecule has 3 aliphatic rings. The maximum absolute atomic E-state index is 6.09. The van der Waals surface area contributed by atoms with Gasteiger partial charge in [-0.3, -0.25) is 4.90 Å². The van der Waals surface area contributed by atoms with E-state index in [1.165, 1.54) is 27.8 Å². The molecule has 5 nitrogen and oxygen atoms in total. The summed E-state index contributed by atoms with van der Waals surface area (Å²) in [6, 6.07) is 17.3. The predicted molar refractivity (Wildman–Crippen MR) is 136 cm³/mol. The zero-order chi connectivity index (χ0) is 23.9. The quantitative estimate of drug-likeness (QED) is 0.404. The molecule has 6 heteroatoms. The molecule has 2 atom stereocenters. The number of benzene rings is 3. The first-order valence-electron chi connectivity index (χ1n) is 12.3. The minimum absolute atomic E-state index is 0.295. The van der Waals surface area contributed by atoms with Crippen LogP contribution in [-0.4, -0.2) is 32.5 Å². The van der Waals surface area contributed by atoms with Gasteiger partial charge in [-0.15, -0.1) is 0 Å². The standard InChI is InChI=1S/C29H30ClNO4/c1-32-25-11-10-21-22(5-3-4-18-6-8-20(30)9-7-18)28-23-15-27-26(34-17-35-27)14-19(23)12-13-31(28)16-24(21)29(25)33-2/h6-11,14-15,22,28H,3-5,12-13,16-17H2,1-2H3. The molecule has 3 heterocycles.